The van der Waals surface area contributed by atoms with Gasteiger partial charge in [0.2, 0.25) is 5.91 Å². The molecule has 0 radical (unpaired) electrons. The Labute approximate surface area is 151 Å². The van der Waals surface area contributed by atoms with Crippen molar-refractivity contribution in [3.05, 3.63) is 64.7 Å². The van der Waals surface area contributed by atoms with E-state index >= 15 is 0 Å². The first-order valence-corrected chi connectivity index (χ1v) is 9.37. The van der Waals surface area contributed by atoms with Crippen LogP contribution in [-0.4, -0.2) is 16.1 Å². The second-order valence-corrected chi connectivity index (χ2v) is 7.87. The summed E-state index contributed by atoms with van der Waals surface area (Å²) in [6.45, 7) is 0. The van der Waals surface area contributed by atoms with Crippen LogP contribution in [0.15, 0.2) is 36.4 Å². The number of aromatic nitrogens is 1. The summed E-state index contributed by atoms with van der Waals surface area (Å²) in [4.78, 5) is 17.1. The second-order valence-electron chi connectivity index (χ2n) is 7.87. The maximum atomic E-state index is 14.3. The smallest absolute Gasteiger partial charge is 0.247 e. The minimum atomic E-state index is -0.446. The van der Waals surface area contributed by atoms with E-state index in [4.69, 9.17) is 10.2 Å². The Bertz CT molecular complexity index is 846. The summed E-state index contributed by atoms with van der Waals surface area (Å²) in [6.07, 6.45) is 4.68. The van der Waals surface area contributed by atoms with Gasteiger partial charge in [-0.2, -0.15) is 0 Å². The molecule has 1 aromatic carbocycles. The first kappa shape index (κ1) is 15.9. The van der Waals surface area contributed by atoms with E-state index in [1.54, 1.807) is 23.7 Å². The summed E-state index contributed by atoms with van der Waals surface area (Å²) in [5.41, 5.74) is 5.61. The first-order chi connectivity index (χ1) is 12.7. The van der Waals surface area contributed by atoms with Crippen LogP contribution in [0.1, 0.15) is 71.9 Å². The van der Waals surface area contributed by atoms with Gasteiger partial charge < -0.3 is 0 Å². The first-order valence-electron chi connectivity index (χ1n) is 9.37. The van der Waals surface area contributed by atoms with Crippen LogP contribution in [0.3, 0.4) is 0 Å². The van der Waals surface area contributed by atoms with Gasteiger partial charge in [0, 0.05) is 35.1 Å². The molecule has 3 saturated carbocycles. The zero-order valence-electron chi connectivity index (χ0n) is 14.4. The average Bonchev–Trinajstić information content (AvgIpc) is 3.53. The van der Waals surface area contributed by atoms with E-state index in [1.807, 2.05) is 0 Å². The molecule has 3 atom stereocenters. The number of pyridine rings is 1. The van der Waals surface area contributed by atoms with Gasteiger partial charge in [0.25, 0.3) is 0 Å². The monoisotopic (exact) mass is 352 g/mol. The van der Waals surface area contributed by atoms with Crippen LogP contribution in [0.25, 0.3) is 0 Å². The molecule has 0 saturated heterocycles. The van der Waals surface area contributed by atoms with Crippen LogP contribution in [0.5, 0.6) is 0 Å². The molecule has 3 aliphatic rings. The Morgan fingerprint density at radius 3 is 2.19 bits per heavy atom. The Hall–Kier alpha value is -2.27. The van der Waals surface area contributed by atoms with Crippen molar-refractivity contribution in [3.8, 4) is 0 Å². The van der Waals surface area contributed by atoms with E-state index in [1.165, 1.54) is 31.7 Å². The van der Waals surface area contributed by atoms with Gasteiger partial charge in [-0.25, -0.2) is 9.87 Å². The van der Waals surface area contributed by atoms with Gasteiger partial charge in [0.15, 0.2) is 0 Å². The number of hydrogen-bond acceptors (Lipinski definition) is 3. The van der Waals surface area contributed by atoms with Gasteiger partial charge in [-0.05, 0) is 55.0 Å². The number of hydroxylamine groups is 1. The quantitative estimate of drug-likeness (QED) is 0.632. The third-order valence-corrected chi connectivity index (χ3v) is 5.96. The minimum absolute atomic E-state index is 0.114. The molecule has 5 heteroatoms. The fourth-order valence-corrected chi connectivity index (χ4v) is 4.22. The largest absolute Gasteiger partial charge is 0.289 e. The number of benzene rings is 1. The zero-order valence-corrected chi connectivity index (χ0v) is 14.4. The molecule has 0 aliphatic heterocycles. The molecule has 3 aliphatic carbocycles. The van der Waals surface area contributed by atoms with Crippen molar-refractivity contribution in [1.82, 2.24) is 10.5 Å². The van der Waals surface area contributed by atoms with Gasteiger partial charge >= 0.3 is 0 Å². The molecule has 3 fully saturated rings. The lowest BCUT2D eigenvalue weighted by Crippen LogP contribution is -2.21. The molecule has 0 spiro atoms. The number of amides is 1. The molecule has 5 rings (SSSR count). The Morgan fingerprint density at radius 2 is 1.65 bits per heavy atom. The van der Waals surface area contributed by atoms with Crippen molar-refractivity contribution in [2.75, 3.05) is 0 Å². The fraction of sp³-hybridized carbons (Fsp3) is 0.429. The number of nitrogens with zero attached hydrogens (tertiary/aromatic N) is 1. The van der Waals surface area contributed by atoms with Gasteiger partial charge in [-0.3, -0.25) is 15.0 Å². The highest BCUT2D eigenvalue weighted by atomic mass is 19.1. The van der Waals surface area contributed by atoms with E-state index in [0.717, 1.165) is 17.0 Å². The van der Waals surface area contributed by atoms with E-state index in [2.05, 4.69) is 12.1 Å². The van der Waals surface area contributed by atoms with E-state index in [9.17, 15) is 9.18 Å². The van der Waals surface area contributed by atoms with Crippen molar-refractivity contribution >= 4 is 5.91 Å². The summed E-state index contributed by atoms with van der Waals surface area (Å²) in [7, 11) is 0. The summed E-state index contributed by atoms with van der Waals surface area (Å²) >= 11 is 0. The maximum Gasteiger partial charge on any atom is 0.247 e. The van der Waals surface area contributed by atoms with Crippen LogP contribution in [0, 0.1) is 11.7 Å². The third-order valence-electron chi connectivity index (χ3n) is 5.96. The number of halogens is 1. The standard InChI is InChI=1S/C21H21FN2O2/c22-15-4-2-1-3-14(15)19-18(20(19)21(25)24-26)13-9-16(11-5-6-11)23-17(10-13)12-7-8-12/h1-4,9-12,18-20,26H,5-8H2,(H,24,25)/t18?,19-,20?/m1/s1. The van der Waals surface area contributed by atoms with Gasteiger partial charge in [0.05, 0.1) is 5.92 Å². The predicted molar refractivity (Wildman–Crippen MR) is 93.5 cm³/mol. The number of carbonyl (C=O) groups is 1. The van der Waals surface area contributed by atoms with E-state index in [0.29, 0.717) is 17.4 Å². The minimum Gasteiger partial charge on any atom is -0.289 e. The van der Waals surface area contributed by atoms with Crippen LogP contribution < -0.4 is 5.48 Å². The molecule has 4 nitrogen and oxygen atoms in total. The van der Waals surface area contributed by atoms with E-state index in [-0.39, 0.29) is 17.7 Å². The Kier molecular flexibility index (Phi) is 3.60. The third kappa shape index (κ3) is 2.71. The van der Waals surface area contributed by atoms with Crippen molar-refractivity contribution in [3.63, 3.8) is 0 Å². The lowest BCUT2D eigenvalue weighted by molar-refractivity contribution is -0.130. The van der Waals surface area contributed by atoms with Crippen molar-refractivity contribution in [2.45, 2.75) is 49.4 Å². The van der Waals surface area contributed by atoms with Crippen LogP contribution in [0.4, 0.5) is 4.39 Å². The zero-order chi connectivity index (χ0) is 17.8. The van der Waals surface area contributed by atoms with Crippen molar-refractivity contribution < 1.29 is 14.4 Å². The highest BCUT2D eigenvalue weighted by Gasteiger charge is 2.57. The van der Waals surface area contributed by atoms with Crippen LogP contribution in [0.2, 0.25) is 0 Å². The lowest BCUT2D eigenvalue weighted by atomic mass is 10.0. The molecule has 1 heterocycles. The maximum absolute atomic E-state index is 14.3. The van der Waals surface area contributed by atoms with Gasteiger partial charge in [-0.1, -0.05) is 18.2 Å². The number of carbonyl (C=O) groups excluding carboxylic acids is 1. The number of hydrogen-bond donors (Lipinski definition) is 2. The number of rotatable bonds is 5. The highest BCUT2D eigenvalue weighted by Crippen LogP contribution is 2.61. The molecular weight excluding hydrogens is 331 g/mol. The SMILES string of the molecule is O=C(NO)C1C(c2cc(C3CC3)nc(C3CC3)c2)[C@H]1c1ccccc1F. The molecule has 2 aromatic rings. The summed E-state index contributed by atoms with van der Waals surface area (Å²) in [6, 6.07) is 10.8. The van der Waals surface area contributed by atoms with Crippen LogP contribution >= 0.6 is 0 Å². The average molecular weight is 352 g/mol. The topological polar surface area (TPSA) is 62.2 Å². The Morgan fingerprint density at radius 1 is 1.04 bits per heavy atom. The van der Waals surface area contributed by atoms with E-state index < -0.39 is 11.8 Å². The molecule has 134 valence electrons. The van der Waals surface area contributed by atoms with Crippen LogP contribution in [-0.2, 0) is 4.79 Å². The molecule has 2 unspecified atom stereocenters. The molecular formula is C21H21FN2O2. The second kappa shape index (κ2) is 5.88. The normalized spacial score (nSPS) is 27.2. The van der Waals surface area contributed by atoms with Gasteiger partial charge in [0.1, 0.15) is 5.82 Å². The van der Waals surface area contributed by atoms with Gasteiger partial charge in [-0.15, -0.1) is 0 Å². The lowest BCUT2D eigenvalue weighted by Gasteiger charge is -2.09. The summed E-state index contributed by atoms with van der Waals surface area (Å²) in [5.74, 6) is -0.484. The van der Waals surface area contributed by atoms with Crippen molar-refractivity contribution in [2.24, 2.45) is 5.92 Å². The molecule has 26 heavy (non-hydrogen) atoms. The Balaban J connectivity index is 1.55. The molecule has 1 aromatic heterocycles. The highest BCUT2D eigenvalue weighted by molar-refractivity contribution is 5.84. The fourth-order valence-electron chi connectivity index (χ4n) is 4.22. The predicted octanol–water partition coefficient (Wildman–Crippen LogP) is 3.98. The molecule has 1 amide bonds. The summed E-state index contributed by atoms with van der Waals surface area (Å²) < 4.78 is 14.3. The number of nitrogens with one attached hydrogen (secondary N) is 1. The molecule has 2 N–H and O–H groups in total. The van der Waals surface area contributed by atoms with Crippen molar-refractivity contribution in [1.29, 1.82) is 0 Å². The molecule has 0 bridgehead atoms. The summed E-state index contributed by atoms with van der Waals surface area (Å²) in [5, 5.41) is 9.14.